The SMILES string of the molecule is CCNC(CC)Cc1cc([N+](=O)[O-])c(C)cn1. The predicted octanol–water partition coefficient (Wildman–Crippen LogP) is 2.23. The van der Waals surface area contributed by atoms with Crippen LogP contribution in [0.1, 0.15) is 31.5 Å². The first-order chi connectivity index (χ1) is 8.08. The van der Waals surface area contributed by atoms with Crippen molar-refractivity contribution in [3.63, 3.8) is 0 Å². The van der Waals surface area contributed by atoms with Gasteiger partial charge >= 0.3 is 0 Å². The summed E-state index contributed by atoms with van der Waals surface area (Å²) in [6.45, 7) is 6.74. The van der Waals surface area contributed by atoms with Crippen LogP contribution in [0.15, 0.2) is 12.3 Å². The second-order valence-electron chi connectivity index (χ2n) is 4.09. The fourth-order valence-electron chi connectivity index (χ4n) is 1.77. The summed E-state index contributed by atoms with van der Waals surface area (Å²) < 4.78 is 0. The molecule has 1 N–H and O–H groups in total. The minimum Gasteiger partial charge on any atom is -0.314 e. The molecule has 1 atom stereocenters. The summed E-state index contributed by atoms with van der Waals surface area (Å²) in [6.07, 6.45) is 3.29. The Hall–Kier alpha value is -1.49. The molecule has 0 aliphatic rings. The maximum absolute atomic E-state index is 10.8. The summed E-state index contributed by atoms with van der Waals surface area (Å²) in [6, 6.07) is 1.91. The van der Waals surface area contributed by atoms with Crippen molar-refractivity contribution >= 4 is 5.69 Å². The predicted molar refractivity (Wildman–Crippen MR) is 67.1 cm³/mol. The monoisotopic (exact) mass is 237 g/mol. The van der Waals surface area contributed by atoms with Crippen LogP contribution in [0.2, 0.25) is 0 Å². The van der Waals surface area contributed by atoms with E-state index in [-0.39, 0.29) is 10.6 Å². The molecular formula is C12H19N3O2. The van der Waals surface area contributed by atoms with E-state index in [9.17, 15) is 10.1 Å². The Bertz CT molecular complexity index is 393. The van der Waals surface area contributed by atoms with Gasteiger partial charge in [0.15, 0.2) is 0 Å². The molecule has 1 aromatic rings. The van der Waals surface area contributed by atoms with Crippen LogP contribution >= 0.6 is 0 Å². The molecule has 0 saturated heterocycles. The number of nitro groups is 1. The lowest BCUT2D eigenvalue weighted by molar-refractivity contribution is -0.385. The Morgan fingerprint density at radius 2 is 2.24 bits per heavy atom. The minimum absolute atomic E-state index is 0.154. The highest BCUT2D eigenvalue weighted by molar-refractivity contribution is 5.38. The smallest absolute Gasteiger partial charge is 0.275 e. The molecular weight excluding hydrogens is 218 g/mol. The van der Waals surface area contributed by atoms with Crippen molar-refractivity contribution in [2.24, 2.45) is 0 Å². The maximum atomic E-state index is 10.8. The second-order valence-corrected chi connectivity index (χ2v) is 4.09. The van der Waals surface area contributed by atoms with E-state index in [4.69, 9.17) is 0 Å². The molecule has 0 spiro atoms. The van der Waals surface area contributed by atoms with Gasteiger partial charge < -0.3 is 5.32 Å². The quantitative estimate of drug-likeness (QED) is 0.608. The molecule has 0 radical (unpaired) electrons. The normalized spacial score (nSPS) is 12.4. The summed E-state index contributed by atoms with van der Waals surface area (Å²) in [4.78, 5) is 14.7. The van der Waals surface area contributed by atoms with Crippen LogP contribution in [-0.4, -0.2) is 22.5 Å². The van der Waals surface area contributed by atoms with Crippen molar-refractivity contribution in [1.82, 2.24) is 10.3 Å². The van der Waals surface area contributed by atoms with Gasteiger partial charge in [-0.15, -0.1) is 0 Å². The number of hydrogen-bond acceptors (Lipinski definition) is 4. The van der Waals surface area contributed by atoms with Crippen LogP contribution in [0.5, 0.6) is 0 Å². The van der Waals surface area contributed by atoms with Crippen molar-refractivity contribution in [1.29, 1.82) is 0 Å². The fraction of sp³-hybridized carbons (Fsp3) is 0.583. The van der Waals surface area contributed by atoms with E-state index in [1.54, 1.807) is 19.2 Å². The van der Waals surface area contributed by atoms with E-state index < -0.39 is 0 Å². The molecule has 5 heteroatoms. The van der Waals surface area contributed by atoms with E-state index >= 15 is 0 Å². The van der Waals surface area contributed by atoms with E-state index in [2.05, 4.69) is 17.2 Å². The molecule has 0 aromatic carbocycles. The zero-order valence-electron chi connectivity index (χ0n) is 10.6. The summed E-state index contributed by atoms with van der Waals surface area (Å²) in [7, 11) is 0. The summed E-state index contributed by atoms with van der Waals surface area (Å²) >= 11 is 0. The van der Waals surface area contributed by atoms with E-state index in [0.29, 0.717) is 11.6 Å². The van der Waals surface area contributed by atoms with Crippen LogP contribution in [0.3, 0.4) is 0 Å². The first-order valence-electron chi connectivity index (χ1n) is 5.91. The summed E-state index contributed by atoms with van der Waals surface area (Å²) in [5.41, 5.74) is 1.53. The Balaban J connectivity index is 2.84. The maximum Gasteiger partial charge on any atom is 0.275 e. The van der Waals surface area contributed by atoms with Crippen LogP contribution < -0.4 is 5.32 Å². The van der Waals surface area contributed by atoms with Crippen LogP contribution in [0, 0.1) is 17.0 Å². The van der Waals surface area contributed by atoms with E-state index in [1.165, 1.54) is 0 Å². The molecule has 0 aliphatic carbocycles. The van der Waals surface area contributed by atoms with Gasteiger partial charge in [-0.25, -0.2) is 0 Å². The van der Waals surface area contributed by atoms with Gasteiger partial charge in [-0.3, -0.25) is 15.1 Å². The molecule has 0 saturated carbocycles. The number of hydrogen-bond donors (Lipinski definition) is 1. The lowest BCUT2D eigenvalue weighted by atomic mass is 10.1. The molecule has 0 bridgehead atoms. The number of likely N-dealkylation sites (N-methyl/N-ethyl adjacent to an activating group) is 1. The van der Waals surface area contributed by atoms with Gasteiger partial charge in [0, 0.05) is 36.0 Å². The largest absolute Gasteiger partial charge is 0.314 e. The summed E-state index contributed by atoms with van der Waals surface area (Å²) in [5.74, 6) is 0. The highest BCUT2D eigenvalue weighted by atomic mass is 16.6. The fourth-order valence-corrected chi connectivity index (χ4v) is 1.77. The van der Waals surface area contributed by atoms with Crippen molar-refractivity contribution in [2.75, 3.05) is 6.54 Å². The number of rotatable bonds is 6. The average molecular weight is 237 g/mol. The van der Waals surface area contributed by atoms with Crippen molar-refractivity contribution in [3.8, 4) is 0 Å². The zero-order chi connectivity index (χ0) is 12.8. The Labute approximate surface area is 101 Å². The molecule has 0 aliphatic heterocycles. The van der Waals surface area contributed by atoms with Gasteiger partial charge in [0.25, 0.3) is 5.69 Å². The molecule has 94 valence electrons. The number of aryl methyl sites for hydroxylation is 1. The van der Waals surface area contributed by atoms with Gasteiger partial charge in [-0.05, 0) is 19.9 Å². The third kappa shape index (κ3) is 3.78. The third-order valence-corrected chi connectivity index (χ3v) is 2.77. The Kier molecular flexibility index (Phi) is 5.03. The van der Waals surface area contributed by atoms with Crippen LogP contribution in [-0.2, 0) is 6.42 Å². The second kappa shape index (κ2) is 6.30. The Morgan fingerprint density at radius 3 is 2.76 bits per heavy atom. The third-order valence-electron chi connectivity index (χ3n) is 2.77. The number of nitrogens with zero attached hydrogens (tertiary/aromatic N) is 2. The standard InChI is InChI=1S/C12H19N3O2/c1-4-10(13-5-2)6-11-7-12(15(16)17)9(3)8-14-11/h7-8,10,13H,4-6H2,1-3H3. The van der Waals surface area contributed by atoms with Crippen LogP contribution in [0.25, 0.3) is 0 Å². The minimum atomic E-state index is -0.352. The molecule has 0 fully saturated rings. The van der Waals surface area contributed by atoms with Gasteiger partial charge in [0.05, 0.1) is 4.92 Å². The van der Waals surface area contributed by atoms with Gasteiger partial charge in [0.1, 0.15) is 0 Å². The summed E-state index contributed by atoms with van der Waals surface area (Å²) in [5, 5.41) is 14.2. The van der Waals surface area contributed by atoms with Gasteiger partial charge in [-0.1, -0.05) is 13.8 Å². The molecule has 1 unspecified atom stereocenters. The molecule has 1 heterocycles. The zero-order valence-corrected chi connectivity index (χ0v) is 10.6. The first-order valence-corrected chi connectivity index (χ1v) is 5.91. The van der Waals surface area contributed by atoms with Crippen LogP contribution in [0.4, 0.5) is 5.69 Å². The lowest BCUT2D eigenvalue weighted by Crippen LogP contribution is -2.30. The number of aromatic nitrogens is 1. The topological polar surface area (TPSA) is 68.1 Å². The molecule has 0 amide bonds. The van der Waals surface area contributed by atoms with Crippen molar-refractivity contribution in [3.05, 3.63) is 33.6 Å². The van der Waals surface area contributed by atoms with Crippen molar-refractivity contribution in [2.45, 2.75) is 39.7 Å². The highest BCUT2D eigenvalue weighted by Gasteiger charge is 2.14. The Morgan fingerprint density at radius 1 is 1.53 bits per heavy atom. The number of pyridine rings is 1. The molecule has 1 aromatic heterocycles. The number of nitrogens with one attached hydrogen (secondary N) is 1. The molecule has 1 rings (SSSR count). The average Bonchev–Trinajstić information content (AvgIpc) is 2.30. The first kappa shape index (κ1) is 13.6. The molecule has 5 nitrogen and oxygen atoms in total. The van der Waals surface area contributed by atoms with Gasteiger partial charge in [-0.2, -0.15) is 0 Å². The van der Waals surface area contributed by atoms with Gasteiger partial charge in [0.2, 0.25) is 0 Å². The van der Waals surface area contributed by atoms with E-state index in [1.807, 2.05) is 6.92 Å². The highest BCUT2D eigenvalue weighted by Crippen LogP contribution is 2.18. The van der Waals surface area contributed by atoms with Crippen molar-refractivity contribution < 1.29 is 4.92 Å². The van der Waals surface area contributed by atoms with E-state index in [0.717, 1.165) is 25.1 Å². The lowest BCUT2D eigenvalue weighted by Gasteiger charge is -2.15. The molecule has 17 heavy (non-hydrogen) atoms.